The summed E-state index contributed by atoms with van der Waals surface area (Å²) < 4.78 is 0. The molecule has 3 heteroatoms. The summed E-state index contributed by atoms with van der Waals surface area (Å²) in [6.45, 7) is 13.4. The van der Waals surface area contributed by atoms with Crippen molar-refractivity contribution in [1.29, 1.82) is 0 Å². The number of rotatable bonds is 6. The molecule has 1 rings (SSSR count). The van der Waals surface area contributed by atoms with Crippen molar-refractivity contribution in [3.05, 3.63) is 71.7 Å². The van der Waals surface area contributed by atoms with Crippen LogP contribution in [0.15, 0.2) is 66.1 Å². The molecule has 0 unspecified atom stereocenters. The van der Waals surface area contributed by atoms with Crippen LogP contribution >= 0.6 is 11.8 Å². The van der Waals surface area contributed by atoms with E-state index in [2.05, 4.69) is 24.6 Å². The number of thioether (sulfide) groups is 1. The maximum absolute atomic E-state index is 11.1. The molecule has 0 aliphatic rings. The van der Waals surface area contributed by atoms with Gasteiger partial charge in [-0.05, 0) is 37.1 Å². The van der Waals surface area contributed by atoms with Crippen LogP contribution in [0.3, 0.4) is 0 Å². The van der Waals surface area contributed by atoms with E-state index in [9.17, 15) is 4.79 Å². The molecular formula is C18H21NOS. The Morgan fingerprint density at radius 2 is 2.05 bits per heavy atom. The lowest BCUT2D eigenvalue weighted by Crippen LogP contribution is -2.05. The van der Waals surface area contributed by atoms with Crippen LogP contribution in [0.25, 0.3) is 4.91 Å². The van der Waals surface area contributed by atoms with Gasteiger partial charge in [0, 0.05) is 22.4 Å². The monoisotopic (exact) mass is 299 g/mol. The molecule has 110 valence electrons. The molecule has 1 aromatic rings. The summed E-state index contributed by atoms with van der Waals surface area (Å²) in [6.07, 6.45) is 5.81. The number of carbonyl (C=O) groups is 1. The molecule has 1 amide bonds. The first-order valence-corrected chi connectivity index (χ1v) is 7.50. The summed E-state index contributed by atoms with van der Waals surface area (Å²) >= 11 is 1.61. The van der Waals surface area contributed by atoms with Gasteiger partial charge in [0.15, 0.2) is 0 Å². The van der Waals surface area contributed by atoms with Crippen LogP contribution in [-0.2, 0) is 4.79 Å². The van der Waals surface area contributed by atoms with Gasteiger partial charge in [0.2, 0.25) is 5.91 Å². The van der Waals surface area contributed by atoms with Crippen molar-refractivity contribution in [2.75, 3.05) is 5.32 Å². The van der Waals surface area contributed by atoms with Gasteiger partial charge in [-0.3, -0.25) is 4.79 Å². The Bertz CT molecular complexity index is 611. The Morgan fingerprint density at radius 1 is 1.33 bits per heavy atom. The van der Waals surface area contributed by atoms with Crippen LogP contribution < -0.4 is 5.32 Å². The van der Waals surface area contributed by atoms with Crippen molar-refractivity contribution in [3.63, 3.8) is 0 Å². The van der Waals surface area contributed by atoms with E-state index in [0.717, 1.165) is 26.6 Å². The van der Waals surface area contributed by atoms with Gasteiger partial charge in [0.25, 0.3) is 0 Å². The highest BCUT2D eigenvalue weighted by Crippen LogP contribution is 2.36. The highest BCUT2D eigenvalue weighted by Gasteiger charge is 2.06. The molecule has 0 radical (unpaired) electrons. The smallest absolute Gasteiger partial charge is 0.221 e. The average molecular weight is 299 g/mol. The zero-order valence-electron chi connectivity index (χ0n) is 12.8. The van der Waals surface area contributed by atoms with Crippen LogP contribution in [-0.4, -0.2) is 5.91 Å². The molecule has 0 aromatic heterocycles. The van der Waals surface area contributed by atoms with Gasteiger partial charge >= 0.3 is 0 Å². The predicted molar refractivity (Wildman–Crippen MR) is 95.1 cm³/mol. The third kappa shape index (κ3) is 5.48. The van der Waals surface area contributed by atoms with Crippen molar-refractivity contribution in [2.24, 2.45) is 0 Å². The van der Waals surface area contributed by atoms with Gasteiger partial charge in [-0.2, -0.15) is 0 Å². The first-order valence-electron chi connectivity index (χ1n) is 6.68. The van der Waals surface area contributed by atoms with Crippen molar-refractivity contribution in [2.45, 2.75) is 20.8 Å². The molecule has 0 atom stereocenters. The number of nitrogens with one attached hydrogen (secondary N) is 1. The van der Waals surface area contributed by atoms with E-state index >= 15 is 0 Å². The molecule has 0 heterocycles. The lowest BCUT2D eigenvalue weighted by atomic mass is 10.2. The Kier molecular flexibility index (Phi) is 6.76. The summed E-state index contributed by atoms with van der Waals surface area (Å²) in [5, 5.41) is 2.78. The van der Waals surface area contributed by atoms with E-state index in [0.29, 0.717) is 0 Å². The van der Waals surface area contributed by atoms with Gasteiger partial charge < -0.3 is 5.32 Å². The van der Waals surface area contributed by atoms with E-state index in [1.165, 1.54) is 6.92 Å². The van der Waals surface area contributed by atoms with Gasteiger partial charge in [-0.25, -0.2) is 0 Å². The second kappa shape index (κ2) is 8.32. The fraction of sp³-hybridized carbons (Fsp3) is 0.167. The average Bonchev–Trinajstić information content (AvgIpc) is 2.44. The first-order chi connectivity index (χ1) is 9.97. The molecular weight excluding hydrogens is 278 g/mol. The van der Waals surface area contributed by atoms with E-state index in [1.54, 1.807) is 17.8 Å². The van der Waals surface area contributed by atoms with E-state index < -0.39 is 0 Å². The van der Waals surface area contributed by atoms with E-state index in [1.807, 2.05) is 44.2 Å². The zero-order valence-corrected chi connectivity index (χ0v) is 13.6. The maximum Gasteiger partial charge on any atom is 0.221 e. The number of carbonyl (C=O) groups excluding carboxylic acids is 1. The lowest BCUT2D eigenvalue weighted by Gasteiger charge is -2.11. The van der Waals surface area contributed by atoms with Gasteiger partial charge in [0.05, 0.1) is 0 Å². The molecule has 0 bridgehead atoms. The third-order valence-electron chi connectivity index (χ3n) is 2.76. The summed E-state index contributed by atoms with van der Waals surface area (Å²) in [6, 6.07) is 7.69. The second-order valence-electron chi connectivity index (χ2n) is 4.53. The Morgan fingerprint density at radius 3 is 2.62 bits per heavy atom. The molecule has 0 fully saturated rings. The Labute approximate surface area is 131 Å². The lowest BCUT2D eigenvalue weighted by molar-refractivity contribution is -0.114. The van der Waals surface area contributed by atoms with Crippen molar-refractivity contribution in [3.8, 4) is 0 Å². The standard InChI is InChI=1S/C18H21NOS/c1-6-9-13(3)18(7-2)21-14(4)16-10-8-11-17(12-16)19-15(5)20/h6-12H,1,4H2,2-3,5H3,(H,19,20)/b13-9-,18-7+. The normalized spacial score (nSPS) is 12.0. The topological polar surface area (TPSA) is 29.1 Å². The van der Waals surface area contributed by atoms with Crippen LogP contribution in [0.4, 0.5) is 5.69 Å². The van der Waals surface area contributed by atoms with Gasteiger partial charge in [-0.15, -0.1) is 0 Å². The molecule has 1 aromatic carbocycles. The number of allylic oxidation sites excluding steroid dienone is 4. The number of amides is 1. The summed E-state index contributed by atoms with van der Waals surface area (Å²) in [4.78, 5) is 13.2. The van der Waals surface area contributed by atoms with Crippen molar-refractivity contribution >= 4 is 28.3 Å². The minimum Gasteiger partial charge on any atom is -0.326 e. The number of hydrogen-bond donors (Lipinski definition) is 1. The number of benzene rings is 1. The molecule has 0 saturated heterocycles. The predicted octanol–water partition coefficient (Wildman–Crippen LogP) is 5.39. The van der Waals surface area contributed by atoms with Gasteiger partial charge in [-0.1, -0.05) is 55.3 Å². The highest BCUT2D eigenvalue weighted by atomic mass is 32.2. The Balaban J connectivity index is 2.91. The van der Waals surface area contributed by atoms with E-state index in [4.69, 9.17) is 0 Å². The molecule has 0 spiro atoms. The molecule has 0 saturated carbocycles. The molecule has 21 heavy (non-hydrogen) atoms. The zero-order chi connectivity index (χ0) is 15.8. The minimum atomic E-state index is -0.0793. The summed E-state index contributed by atoms with van der Waals surface area (Å²) in [5.41, 5.74) is 2.93. The largest absolute Gasteiger partial charge is 0.326 e. The van der Waals surface area contributed by atoms with Crippen LogP contribution in [0.1, 0.15) is 26.3 Å². The van der Waals surface area contributed by atoms with Crippen LogP contribution in [0, 0.1) is 0 Å². The number of hydrogen-bond acceptors (Lipinski definition) is 2. The van der Waals surface area contributed by atoms with Crippen LogP contribution in [0.2, 0.25) is 0 Å². The molecule has 0 aliphatic carbocycles. The SMILES string of the molecule is C=C/C=C(C)\C(=C/C)SC(=C)c1cccc(NC(C)=O)c1. The fourth-order valence-electron chi connectivity index (χ4n) is 1.79. The quantitative estimate of drug-likeness (QED) is 0.714. The summed E-state index contributed by atoms with van der Waals surface area (Å²) in [7, 11) is 0. The molecule has 0 aliphatic heterocycles. The summed E-state index contributed by atoms with van der Waals surface area (Å²) in [5.74, 6) is -0.0793. The third-order valence-corrected chi connectivity index (χ3v) is 4.02. The van der Waals surface area contributed by atoms with Crippen LogP contribution in [0.5, 0.6) is 0 Å². The fourth-order valence-corrected chi connectivity index (χ4v) is 2.65. The molecule has 2 nitrogen and oxygen atoms in total. The maximum atomic E-state index is 11.1. The van der Waals surface area contributed by atoms with Crippen molar-refractivity contribution in [1.82, 2.24) is 0 Å². The molecule has 1 N–H and O–H groups in total. The Hall–Kier alpha value is -2.00. The first kappa shape index (κ1) is 17.1. The van der Waals surface area contributed by atoms with E-state index in [-0.39, 0.29) is 5.91 Å². The number of anilines is 1. The highest BCUT2D eigenvalue weighted by molar-refractivity contribution is 8.12. The second-order valence-corrected chi connectivity index (χ2v) is 5.66. The minimum absolute atomic E-state index is 0.0793. The van der Waals surface area contributed by atoms with Crippen molar-refractivity contribution < 1.29 is 4.79 Å². The van der Waals surface area contributed by atoms with Gasteiger partial charge in [0.1, 0.15) is 0 Å².